The highest BCUT2D eigenvalue weighted by atomic mass is 19.1. The van der Waals surface area contributed by atoms with Gasteiger partial charge in [-0.15, -0.1) is 0 Å². The molecule has 92 valence electrons. The van der Waals surface area contributed by atoms with Crippen molar-refractivity contribution in [2.24, 2.45) is 0 Å². The molecule has 0 unspecified atom stereocenters. The van der Waals surface area contributed by atoms with Crippen LogP contribution in [-0.4, -0.2) is 0 Å². The molecule has 0 aromatic heterocycles. The van der Waals surface area contributed by atoms with E-state index in [1.807, 2.05) is 25.1 Å². The van der Waals surface area contributed by atoms with Crippen LogP contribution in [0.15, 0.2) is 36.4 Å². The molecule has 2 aromatic carbocycles. The van der Waals surface area contributed by atoms with Crippen LogP contribution in [0.5, 0.6) is 0 Å². The third-order valence-corrected chi connectivity index (χ3v) is 3.46. The summed E-state index contributed by atoms with van der Waals surface area (Å²) >= 11 is 0. The summed E-state index contributed by atoms with van der Waals surface area (Å²) in [7, 11) is 0. The summed E-state index contributed by atoms with van der Waals surface area (Å²) in [6.45, 7) is 3.62. The zero-order valence-electron chi connectivity index (χ0n) is 10.3. The van der Waals surface area contributed by atoms with Gasteiger partial charge in [0.15, 0.2) is 0 Å². The number of nitrogens with two attached hydrogens (primary N) is 1. The number of halogens is 1. The smallest absolute Gasteiger partial charge is 0.125 e. The van der Waals surface area contributed by atoms with Crippen LogP contribution in [0.3, 0.4) is 0 Å². The first kappa shape index (κ1) is 11.1. The topological polar surface area (TPSA) is 29.3 Å². The van der Waals surface area contributed by atoms with Gasteiger partial charge in [0.25, 0.3) is 0 Å². The Morgan fingerprint density at radius 3 is 2.67 bits per heavy atom. The summed E-state index contributed by atoms with van der Waals surface area (Å²) in [6.07, 6.45) is 0. The van der Waals surface area contributed by atoms with Crippen molar-refractivity contribution < 1.29 is 4.39 Å². The summed E-state index contributed by atoms with van der Waals surface area (Å²) in [6, 6.07) is 10.9. The molecular weight excluding hydrogens is 227 g/mol. The molecule has 2 N–H and O–H groups in total. The fourth-order valence-electron chi connectivity index (χ4n) is 2.51. The van der Waals surface area contributed by atoms with E-state index in [0.717, 1.165) is 30.0 Å². The molecule has 1 heterocycles. The third kappa shape index (κ3) is 1.82. The van der Waals surface area contributed by atoms with Gasteiger partial charge in [-0.25, -0.2) is 4.39 Å². The first-order valence-electron chi connectivity index (χ1n) is 6.02. The van der Waals surface area contributed by atoms with Gasteiger partial charge in [0.05, 0.1) is 0 Å². The van der Waals surface area contributed by atoms with Crippen LogP contribution in [0.4, 0.5) is 15.8 Å². The van der Waals surface area contributed by atoms with Gasteiger partial charge in [0.2, 0.25) is 0 Å². The Hall–Kier alpha value is -2.03. The Balaban J connectivity index is 1.96. The lowest BCUT2D eigenvalue weighted by Gasteiger charge is -2.20. The number of hydrogen-bond donors (Lipinski definition) is 1. The third-order valence-electron chi connectivity index (χ3n) is 3.46. The maximum Gasteiger partial charge on any atom is 0.125 e. The molecule has 0 fully saturated rings. The van der Waals surface area contributed by atoms with Crippen molar-refractivity contribution in [1.29, 1.82) is 0 Å². The van der Waals surface area contributed by atoms with Crippen molar-refractivity contribution in [2.75, 3.05) is 10.6 Å². The van der Waals surface area contributed by atoms with E-state index in [2.05, 4.69) is 11.0 Å². The zero-order valence-corrected chi connectivity index (χ0v) is 10.3. The quantitative estimate of drug-likeness (QED) is 0.778. The lowest BCUT2D eigenvalue weighted by Crippen LogP contribution is -2.15. The van der Waals surface area contributed by atoms with Crippen LogP contribution in [0, 0.1) is 12.7 Å². The first-order chi connectivity index (χ1) is 8.63. The van der Waals surface area contributed by atoms with E-state index >= 15 is 0 Å². The van der Waals surface area contributed by atoms with Crippen molar-refractivity contribution in [3.63, 3.8) is 0 Å². The number of benzene rings is 2. The van der Waals surface area contributed by atoms with Crippen molar-refractivity contribution in [2.45, 2.75) is 20.0 Å². The van der Waals surface area contributed by atoms with E-state index in [1.165, 1.54) is 17.2 Å². The molecule has 1 aliphatic rings. The molecule has 0 amide bonds. The van der Waals surface area contributed by atoms with E-state index < -0.39 is 0 Å². The second-order valence-corrected chi connectivity index (χ2v) is 4.82. The van der Waals surface area contributed by atoms with Crippen LogP contribution in [-0.2, 0) is 13.1 Å². The second kappa shape index (κ2) is 4.02. The molecule has 18 heavy (non-hydrogen) atoms. The highest BCUT2D eigenvalue weighted by Gasteiger charge is 2.20. The highest BCUT2D eigenvalue weighted by molar-refractivity contribution is 5.58. The number of hydrogen-bond acceptors (Lipinski definition) is 2. The van der Waals surface area contributed by atoms with Crippen LogP contribution in [0.1, 0.15) is 16.7 Å². The van der Waals surface area contributed by atoms with Gasteiger partial charge in [-0.2, -0.15) is 0 Å². The molecule has 0 atom stereocenters. The highest BCUT2D eigenvalue weighted by Crippen LogP contribution is 2.31. The number of nitrogen functional groups attached to an aromatic ring is 1. The predicted molar refractivity (Wildman–Crippen MR) is 71.9 cm³/mol. The van der Waals surface area contributed by atoms with Crippen LogP contribution >= 0.6 is 0 Å². The minimum absolute atomic E-state index is 0.189. The van der Waals surface area contributed by atoms with Gasteiger partial charge in [-0.1, -0.05) is 12.1 Å². The van der Waals surface area contributed by atoms with Crippen LogP contribution in [0.25, 0.3) is 0 Å². The van der Waals surface area contributed by atoms with Crippen molar-refractivity contribution in [1.82, 2.24) is 0 Å². The van der Waals surface area contributed by atoms with Crippen LogP contribution in [0.2, 0.25) is 0 Å². The van der Waals surface area contributed by atoms with Gasteiger partial charge >= 0.3 is 0 Å². The Kier molecular flexibility index (Phi) is 2.47. The van der Waals surface area contributed by atoms with Gasteiger partial charge in [0, 0.05) is 24.5 Å². The van der Waals surface area contributed by atoms with Gasteiger partial charge in [-0.3, -0.25) is 0 Å². The van der Waals surface area contributed by atoms with E-state index in [-0.39, 0.29) is 5.82 Å². The molecule has 2 aromatic rings. The molecule has 0 radical (unpaired) electrons. The summed E-state index contributed by atoms with van der Waals surface area (Å²) < 4.78 is 13.3. The average molecular weight is 242 g/mol. The molecule has 3 heteroatoms. The van der Waals surface area contributed by atoms with Crippen molar-refractivity contribution in [3.8, 4) is 0 Å². The monoisotopic (exact) mass is 242 g/mol. The van der Waals surface area contributed by atoms with E-state index in [1.54, 1.807) is 6.07 Å². The average Bonchev–Trinajstić information content (AvgIpc) is 2.74. The maximum atomic E-state index is 13.3. The van der Waals surface area contributed by atoms with Gasteiger partial charge in [-0.05, 0) is 47.9 Å². The van der Waals surface area contributed by atoms with Crippen molar-refractivity contribution in [3.05, 3.63) is 58.9 Å². The number of nitrogens with zero attached hydrogens (tertiary/aromatic N) is 1. The van der Waals surface area contributed by atoms with E-state index in [9.17, 15) is 4.39 Å². The van der Waals surface area contributed by atoms with E-state index in [4.69, 9.17) is 5.73 Å². The number of anilines is 2. The van der Waals surface area contributed by atoms with E-state index in [0.29, 0.717) is 0 Å². The molecule has 2 nitrogen and oxygen atoms in total. The minimum atomic E-state index is -0.189. The Morgan fingerprint density at radius 2 is 1.83 bits per heavy atom. The molecule has 0 aliphatic carbocycles. The lowest BCUT2D eigenvalue weighted by atomic mass is 10.1. The summed E-state index contributed by atoms with van der Waals surface area (Å²) in [5.74, 6) is -0.189. The SMILES string of the molecule is Cc1ccc(F)cc1N1Cc2ccc(N)cc2C1. The van der Waals surface area contributed by atoms with Gasteiger partial charge < -0.3 is 10.6 Å². The number of rotatable bonds is 1. The Morgan fingerprint density at radius 1 is 1.06 bits per heavy atom. The Labute approximate surface area is 106 Å². The molecule has 3 rings (SSSR count). The molecule has 0 spiro atoms. The Bertz CT molecular complexity index is 607. The largest absolute Gasteiger partial charge is 0.399 e. The molecule has 0 saturated heterocycles. The number of fused-ring (bicyclic) bond motifs is 1. The normalized spacial score (nSPS) is 13.8. The van der Waals surface area contributed by atoms with Crippen LogP contribution < -0.4 is 10.6 Å². The minimum Gasteiger partial charge on any atom is -0.399 e. The summed E-state index contributed by atoms with van der Waals surface area (Å²) in [4.78, 5) is 2.18. The van der Waals surface area contributed by atoms with Crippen molar-refractivity contribution >= 4 is 11.4 Å². The fourth-order valence-corrected chi connectivity index (χ4v) is 2.51. The predicted octanol–water partition coefficient (Wildman–Crippen LogP) is 3.24. The summed E-state index contributed by atoms with van der Waals surface area (Å²) in [5, 5.41) is 0. The maximum absolute atomic E-state index is 13.3. The van der Waals surface area contributed by atoms with Gasteiger partial charge in [0.1, 0.15) is 5.82 Å². The molecular formula is C15H15FN2. The first-order valence-corrected chi connectivity index (χ1v) is 6.02. The standard InChI is InChI=1S/C15H15FN2/c1-10-2-4-13(16)7-15(10)18-8-11-3-5-14(17)6-12(11)9-18/h2-7H,8-9,17H2,1H3. The zero-order chi connectivity index (χ0) is 12.7. The summed E-state index contributed by atoms with van der Waals surface area (Å²) in [5.41, 5.74) is 11.1. The molecule has 1 aliphatic heterocycles. The molecule has 0 bridgehead atoms. The lowest BCUT2D eigenvalue weighted by molar-refractivity contribution is 0.626. The molecule has 0 saturated carbocycles. The second-order valence-electron chi connectivity index (χ2n) is 4.82. The fraction of sp³-hybridized carbons (Fsp3) is 0.200. The number of aryl methyl sites for hydroxylation is 1.